The molecule has 0 aromatic heterocycles. The van der Waals surface area contributed by atoms with Gasteiger partial charge in [0.05, 0.1) is 12.0 Å². The van der Waals surface area contributed by atoms with Crippen molar-refractivity contribution in [3.8, 4) is 0 Å². The first-order valence-corrected chi connectivity index (χ1v) is 8.33. The molecule has 0 aliphatic carbocycles. The van der Waals surface area contributed by atoms with Gasteiger partial charge in [0, 0.05) is 11.6 Å². The Morgan fingerprint density at radius 1 is 1.16 bits per heavy atom. The maximum atomic E-state index is 12.3. The Kier molecular flexibility index (Phi) is 6.25. The van der Waals surface area contributed by atoms with E-state index in [0.717, 1.165) is 16.9 Å². The van der Waals surface area contributed by atoms with Crippen molar-refractivity contribution in [3.05, 3.63) is 69.3 Å². The zero-order chi connectivity index (χ0) is 18.4. The van der Waals surface area contributed by atoms with Crippen molar-refractivity contribution in [3.63, 3.8) is 0 Å². The highest BCUT2D eigenvalue weighted by atomic mass is 16.6. The summed E-state index contributed by atoms with van der Waals surface area (Å²) in [4.78, 5) is 23.9. The molecule has 0 aliphatic rings. The Bertz CT molecular complexity index is 757. The highest BCUT2D eigenvalue weighted by molar-refractivity contribution is 5.94. The van der Waals surface area contributed by atoms with Crippen LogP contribution in [0.4, 0.5) is 11.4 Å². The Morgan fingerprint density at radius 2 is 1.80 bits per heavy atom. The van der Waals surface area contributed by atoms with Gasteiger partial charge in [0.1, 0.15) is 12.2 Å². The summed E-state index contributed by atoms with van der Waals surface area (Å²) in [5.41, 5.74) is 3.31. The molecule has 0 spiro atoms. The van der Waals surface area contributed by atoms with E-state index in [4.69, 9.17) is 0 Å². The van der Waals surface area contributed by atoms with Crippen LogP contribution in [0.25, 0.3) is 0 Å². The number of nitrogens with zero attached hydrogens (tertiary/aromatic N) is 1. The van der Waals surface area contributed by atoms with E-state index in [9.17, 15) is 14.9 Å². The van der Waals surface area contributed by atoms with Gasteiger partial charge in [-0.1, -0.05) is 43.3 Å². The number of rotatable bonds is 7. The van der Waals surface area contributed by atoms with E-state index in [0.29, 0.717) is 12.1 Å². The lowest BCUT2D eigenvalue weighted by Crippen LogP contribution is -3.08. The summed E-state index contributed by atoms with van der Waals surface area (Å²) in [5.74, 6) is -0.236. The fourth-order valence-electron chi connectivity index (χ4n) is 2.73. The third-order valence-corrected chi connectivity index (χ3v) is 4.11. The van der Waals surface area contributed by atoms with Gasteiger partial charge in [-0.15, -0.1) is 0 Å². The summed E-state index contributed by atoms with van der Waals surface area (Å²) in [6, 6.07) is 13.1. The Balaban J connectivity index is 1.99. The van der Waals surface area contributed by atoms with Crippen LogP contribution in [-0.4, -0.2) is 24.4 Å². The van der Waals surface area contributed by atoms with Gasteiger partial charge >= 0.3 is 0 Å². The second-order valence-corrected chi connectivity index (χ2v) is 6.26. The highest BCUT2D eigenvalue weighted by Gasteiger charge is 2.19. The second-order valence-electron chi connectivity index (χ2n) is 6.26. The topological polar surface area (TPSA) is 76.7 Å². The highest BCUT2D eigenvalue weighted by Crippen LogP contribution is 2.27. The predicted molar refractivity (Wildman–Crippen MR) is 97.7 cm³/mol. The molecule has 2 rings (SSSR count). The van der Waals surface area contributed by atoms with E-state index in [-0.39, 0.29) is 23.8 Å². The predicted octanol–water partition coefficient (Wildman–Crippen LogP) is 2.12. The molecule has 6 heteroatoms. The largest absolute Gasteiger partial charge is 0.326 e. The van der Waals surface area contributed by atoms with E-state index in [1.165, 1.54) is 11.6 Å². The van der Waals surface area contributed by atoms with E-state index >= 15 is 0 Å². The number of aryl methyl sites for hydroxylation is 2. The van der Waals surface area contributed by atoms with Crippen LogP contribution in [0.1, 0.15) is 23.6 Å². The molecule has 0 fully saturated rings. The van der Waals surface area contributed by atoms with Crippen LogP contribution in [0.15, 0.2) is 42.5 Å². The molecule has 0 saturated heterocycles. The van der Waals surface area contributed by atoms with Crippen LogP contribution in [0.5, 0.6) is 0 Å². The SMILES string of the molecule is CCc1ccc(C[NH+](C)CC(=O)Nc2c(C)cccc2[N+](=O)[O-])cc1. The number of hydrogen-bond donors (Lipinski definition) is 2. The molecule has 1 unspecified atom stereocenters. The molecule has 0 radical (unpaired) electrons. The summed E-state index contributed by atoms with van der Waals surface area (Å²) < 4.78 is 0. The lowest BCUT2D eigenvalue weighted by molar-refractivity contribution is -0.885. The number of quaternary nitrogens is 1. The van der Waals surface area contributed by atoms with Crippen molar-refractivity contribution in [2.24, 2.45) is 0 Å². The van der Waals surface area contributed by atoms with Crippen LogP contribution in [0.2, 0.25) is 0 Å². The smallest absolute Gasteiger partial charge is 0.293 e. The van der Waals surface area contributed by atoms with Gasteiger partial charge in [0.2, 0.25) is 0 Å². The molecular weight excluding hydrogens is 318 g/mol. The van der Waals surface area contributed by atoms with E-state index in [1.807, 2.05) is 7.05 Å². The minimum Gasteiger partial charge on any atom is -0.326 e. The molecule has 0 heterocycles. The van der Waals surface area contributed by atoms with Crippen molar-refractivity contribution in [1.29, 1.82) is 0 Å². The third-order valence-electron chi connectivity index (χ3n) is 4.11. The summed E-state index contributed by atoms with van der Waals surface area (Å²) in [6.45, 7) is 4.81. The normalized spacial score (nSPS) is 11.8. The van der Waals surface area contributed by atoms with Gasteiger partial charge in [-0.25, -0.2) is 0 Å². The van der Waals surface area contributed by atoms with Crippen molar-refractivity contribution >= 4 is 17.3 Å². The number of amides is 1. The number of carbonyl (C=O) groups excluding carboxylic acids is 1. The quantitative estimate of drug-likeness (QED) is 0.598. The molecule has 25 heavy (non-hydrogen) atoms. The zero-order valence-corrected chi connectivity index (χ0v) is 14.8. The average Bonchev–Trinajstić information content (AvgIpc) is 2.57. The molecule has 6 nitrogen and oxygen atoms in total. The Morgan fingerprint density at radius 3 is 2.40 bits per heavy atom. The van der Waals surface area contributed by atoms with Gasteiger partial charge in [-0.2, -0.15) is 0 Å². The third kappa shape index (κ3) is 5.12. The fraction of sp³-hybridized carbons (Fsp3) is 0.316. The first-order valence-electron chi connectivity index (χ1n) is 8.33. The van der Waals surface area contributed by atoms with Crippen LogP contribution in [-0.2, 0) is 17.8 Å². The number of nitrogens with one attached hydrogen (secondary N) is 2. The summed E-state index contributed by atoms with van der Waals surface area (Å²) in [5, 5.41) is 13.8. The molecule has 2 aromatic carbocycles. The van der Waals surface area contributed by atoms with Gasteiger partial charge in [-0.3, -0.25) is 14.9 Å². The number of hydrogen-bond acceptors (Lipinski definition) is 3. The standard InChI is InChI=1S/C19H23N3O3/c1-4-15-8-10-16(11-9-15)12-21(3)13-18(23)20-19-14(2)6-5-7-17(19)22(24)25/h5-11H,4,12-13H2,1-3H3,(H,20,23)/p+1. The van der Waals surface area contributed by atoms with Crippen molar-refractivity contribution in [2.75, 3.05) is 18.9 Å². The zero-order valence-electron chi connectivity index (χ0n) is 14.8. The maximum Gasteiger partial charge on any atom is 0.293 e. The molecule has 1 atom stereocenters. The number of benzene rings is 2. The summed E-state index contributed by atoms with van der Waals surface area (Å²) in [6.07, 6.45) is 1.00. The van der Waals surface area contributed by atoms with E-state index in [1.54, 1.807) is 19.1 Å². The molecule has 0 aliphatic heterocycles. The Labute approximate surface area is 147 Å². The van der Waals surface area contributed by atoms with Gasteiger partial charge in [0.15, 0.2) is 6.54 Å². The summed E-state index contributed by atoms with van der Waals surface area (Å²) in [7, 11) is 1.93. The van der Waals surface area contributed by atoms with Crippen LogP contribution in [0, 0.1) is 17.0 Å². The van der Waals surface area contributed by atoms with Gasteiger partial charge in [-0.05, 0) is 24.5 Å². The molecule has 0 saturated carbocycles. The molecule has 1 amide bonds. The minimum absolute atomic E-state index is 0.0823. The van der Waals surface area contributed by atoms with Gasteiger partial charge in [0.25, 0.3) is 11.6 Å². The number of carbonyl (C=O) groups is 1. The van der Waals surface area contributed by atoms with Crippen LogP contribution < -0.4 is 10.2 Å². The van der Waals surface area contributed by atoms with Crippen molar-refractivity contribution in [2.45, 2.75) is 26.8 Å². The number of anilines is 1. The van der Waals surface area contributed by atoms with Gasteiger partial charge < -0.3 is 10.2 Å². The summed E-state index contributed by atoms with van der Waals surface area (Å²) >= 11 is 0. The number of para-hydroxylation sites is 1. The number of nitro groups is 1. The van der Waals surface area contributed by atoms with Crippen LogP contribution in [0.3, 0.4) is 0 Å². The maximum absolute atomic E-state index is 12.3. The fourth-order valence-corrected chi connectivity index (χ4v) is 2.73. The first-order chi connectivity index (χ1) is 11.9. The molecule has 2 aromatic rings. The number of nitro benzene ring substituents is 1. The molecule has 0 bridgehead atoms. The average molecular weight is 342 g/mol. The lowest BCUT2D eigenvalue weighted by Gasteiger charge is -2.15. The minimum atomic E-state index is -0.478. The van der Waals surface area contributed by atoms with E-state index < -0.39 is 4.92 Å². The molecule has 2 N–H and O–H groups in total. The monoisotopic (exact) mass is 342 g/mol. The number of likely N-dealkylation sites (N-methyl/N-ethyl adjacent to an activating group) is 1. The lowest BCUT2D eigenvalue weighted by atomic mass is 10.1. The first kappa shape index (κ1) is 18.6. The second kappa shape index (κ2) is 8.39. The van der Waals surface area contributed by atoms with Crippen LogP contribution >= 0.6 is 0 Å². The van der Waals surface area contributed by atoms with Crippen molar-refractivity contribution in [1.82, 2.24) is 0 Å². The molecular formula is C19H24N3O3+. The van der Waals surface area contributed by atoms with Crippen molar-refractivity contribution < 1.29 is 14.6 Å². The van der Waals surface area contributed by atoms with E-state index in [2.05, 4.69) is 36.5 Å². The Hall–Kier alpha value is -2.73. The molecule has 132 valence electrons.